The lowest BCUT2D eigenvalue weighted by molar-refractivity contribution is 0.457. The molecule has 1 aliphatic rings. The lowest BCUT2D eigenvalue weighted by Crippen LogP contribution is -1.96. The number of rotatable bonds is 3. The molecule has 1 aromatic carbocycles. The highest BCUT2D eigenvalue weighted by molar-refractivity contribution is 14.1. The van der Waals surface area contributed by atoms with Crippen molar-refractivity contribution in [1.82, 2.24) is 9.97 Å². The smallest absolute Gasteiger partial charge is 0.223 e. The van der Waals surface area contributed by atoms with Gasteiger partial charge < -0.3 is 4.74 Å². The van der Waals surface area contributed by atoms with Crippen molar-refractivity contribution in [2.24, 2.45) is 0 Å². The fraction of sp³-hybridized carbons (Fsp3) is 0.231. The monoisotopic (exact) mass is 416 g/mol. The summed E-state index contributed by atoms with van der Waals surface area (Å²) in [7, 11) is 0. The summed E-state index contributed by atoms with van der Waals surface area (Å²) in [4.78, 5) is 8.82. The van der Waals surface area contributed by atoms with Crippen LogP contribution in [0, 0.1) is 3.57 Å². The van der Waals surface area contributed by atoms with Crippen LogP contribution in [0.25, 0.3) is 0 Å². The van der Waals surface area contributed by atoms with E-state index in [1.165, 1.54) is 16.4 Å². The largest absolute Gasteiger partial charge is 0.439 e. The zero-order valence-electron chi connectivity index (χ0n) is 9.44. The standard InChI is InChI=1S/C13H10BrIN2O/c14-11-7-12(17-13(16-11)8-1-2-8)18-10-5-3-9(15)4-6-10/h3-8H,1-2H2. The molecule has 0 bridgehead atoms. The Morgan fingerprint density at radius 2 is 1.89 bits per heavy atom. The van der Waals surface area contributed by atoms with Crippen LogP contribution >= 0.6 is 38.5 Å². The van der Waals surface area contributed by atoms with Gasteiger partial charge in [-0.25, -0.2) is 4.98 Å². The second-order valence-electron chi connectivity index (χ2n) is 4.22. The van der Waals surface area contributed by atoms with Crippen molar-refractivity contribution in [2.75, 3.05) is 0 Å². The van der Waals surface area contributed by atoms with Crippen LogP contribution in [0.1, 0.15) is 24.6 Å². The van der Waals surface area contributed by atoms with Gasteiger partial charge in [0.05, 0.1) is 0 Å². The summed E-state index contributed by atoms with van der Waals surface area (Å²) in [6, 6.07) is 9.69. The van der Waals surface area contributed by atoms with Gasteiger partial charge in [0.2, 0.25) is 5.88 Å². The Hall–Kier alpha value is -0.690. The van der Waals surface area contributed by atoms with Crippen molar-refractivity contribution < 1.29 is 4.74 Å². The lowest BCUT2D eigenvalue weighted by Gasteiger charge is -2.06. The third kappa shape index (κ3) is 3.00. The van der Waals surface area contributed by atoms with E-state index >= 15 is 0 Å². The highest BCUT2D eigenvalue weighted by Gasteiger charge is 2.27. The molecule has 0 N–H and O–H groups in total. The molecule has 0 aliphatic heterocycles. The van der Waals surface area contributed by atoms with Gasteiger partial charge in [-0.05, 0) is 75.6 Å². The summed E-state index contributed by atoms with van der Waals surface area (Å²) in [6.45, 7) is 0. The van der Waals surface area contributed by atoms with Crippen molar-refractivity contribution in [3.8, 4) is 11.6 Å². The van der Waals surface area contributed by atoms with Gasteiger partial charge >= 0.3 is 0 Å². The summed E-state index contributed by atoms with van der Waals surface area (Å²) in [5, 5.41) is 0. The minimum absolute atomic E-state index is 0.515. The van der Waals surface area contributed by atoms with Crippen LogP contribution < -0.4 is 4.74 Å². The zero-order chi connectivity index (χ0) is 12.5. The Labute approximate surface area is 127 Å². The Morgan fingerprint density at radius 3 is 2.56 bits per heavy atom. The van der Waals surface area contributed by atoms with Crippen LogP contribution in [0.2, 0.25) is 0 Å². The number of hydrogen-bond donors (Lipinski definition) is 0. The van der Waals surface area contributed by atoms with Gasteiger partial charge in [-0.2, -0.15) is 4.98 Å². The van der Waals surface area contributed by atoms with Crippen LogP contribution in [-0.4, -0.2) is 9.97 Å². The minimum Gasteiger partial charge on any atom is -0.439 e. The summed E-state index contributed by atoms with van der Waals surface area (Å²) in [6.07, 6.45) is 2.36. The Balaban J connectivity index is 1.85. The highest BCUT2D eigenvalue weighted by Crippen LogP contribution is 2.39. The molecule has 3 rings (SSSR count). The van der Waals surface area contributed by atoms with E-state index in [0.29, 0.717) is 11.8 Å². The molecule has 1 fully saturated rings. The van der Waals surface area contributed by atoms with Crippen molar-refractivity contribution in [2.45, 2.75) is 18.8 Å². The third-order valence-corrected chi connectivity index (χ3v) is 3.79. The first-order valence-corrected chi connectivity index (χ1v) is 7.56. The minimum atomic E-state index is 0.515. The first kappa shape index (κ1) is 12.3. The van der Waals surface area contributed by atoms with Crippen LogP contribution in [0.3, 0.4) is 0 Å². The topological polar surface area (TPSA) is 35.0 Å². The van der Waals surface area contributed by atoms with Crippen molar-refractivity contribution in [3.63, 3.8) is 0 Å². The molecule has 0 radical (unpaired) electrons. The number of benzene rings is 1. The van der Waals surface area contributed by atoms with Gasteiger partial charge in [0.1, 0.15) is 16.2 Å². The predicted octanol–water partition coefficient (Wildman–Crippen LogP) is 4.51. The molecular weight excluding hydrogens is 407 g/mol. The van der Waals surface area contributed by atoms with Crippen molar-refractivity contribution >= 4 is 38.5 Å². The summed E-state index contributed by atoms with van der Waals surface area (Å²) >= 11 is 5.67. The average Bonchev–Trinajstić information content (AvgIpc) is 3.15. The molecule has 1 aliphatic carbocycles. The van der Waals surface area contributed by atoms with E-state index in [1.54, 1.807) is 6.07 Å². The maximum absolute atomic E-state index is 5.75. The molecule has 18 heavy (non-hydrogen) atoms. The first-order valence-electron chi connectivity index (χ1n) is 5.68. The van der Waals surface area contributed by atoms with Crippen LogP contribution in [0.4, 0.5) is 0 Å². The van der Waals surface area contributed by atoms with Gasteiger partial charge in [-0.15, -0.1) is 0 Å². The number of halogens is 2. The fourth-order valence-corrected chi connectivity index (χ4v) is 2.35. The van der Waals surface area contributed by atoms with Crippen LogP contribution in [0.15, 0.2) is 34.9 Å². The first-order chi connectivity index (χ1) is 8.70. The molecule has 0 saturated heterocycles. The molecule has 5 heteroatoms. The van der Waals surface area contributed by atoms with Gasteiger partial charge in [0.15, 0.2) is 0 Å². The quantitative estimate of drug-likeness (QED) is 0.545. The summed E-state index contributed by atoms with van der Waals surface area (Å²) < 4.78 is 7.71. The molecule has 1 heterocycles. The molecule has 1 saturated carbocycles. The molecule has 0 atom stereocenters. The molecular formula is C13H10BrIN2O. The molecule has 2 aromatic rings. The van der Waals surface area contributed by atoms with E-state index in [2.05, 4.69) is 48.5 Å². The summed E-state index contributed by atoms with van der Waals surface area (Å²) in [5.74, 6) is 2.79. The Kier molecular flexibility index (Phi) is 3.52. The van der Waals surface area contributed by atoms with E-state index in [1.807, 2.05) is 24.3 Å². The number of aromatic nitrogens is 2. The van der Waals surface area contributed by atoms with E-state index in [4.69, 9.17) is 4.74 Å². The van der Waals surface area contributed by atoms with Gasteiger partial charge in [0, 0.05) is 15.6 Å². The average molecular weight is 417 g/mol. The number of hydrogen-bond acceptors (Lipinski definition) is 3. The van der Waals surface area contributed by atoms with Crippen LogP contribution in [-0.2, 0) is 0 Å². The SMILES string of the molecule is Brc1cc(Oc2ccc(I)cc2)nc(C2CC2)n1. The Morgan fingerprint density at radius 1 is 1.17 bits per heavy atom. The third-order valence-electron chi connectivity index (χ3n) is 2.67. The predicted molar refractivity (Wildman–Crippen MR) is 80.9 cm³/mol. The molecule has 0 spiro atoms. The van der Waals surface area contributed by atoms with E-state index in [-0.39, 0.29) is 0 Å². The normalized spacial score (nSPS) is 14.6. The second kappa shape index (κ2) is 5.13. The highest BCUT2D eigenvalue weighted by atomic mass is 127. The maximum Gasteiger partial charge on any atom is 0.223 e. The maximum atomic E-state index is 5.75. The van der Waals surface area contributed by atoms with E-state index in [0.717, 1.165) is 16.2 Å². The number of ether oxygens (including phenoxy) is 1. The molecule has 0 unspecified atom stereocenters. The lowest BCUT2D eigenvalue weighted by atomic mass is 10.3. The fourth-order valence-electron chi connectivity index (χ4n) is 1.61. The van der Waals surface area contributed by atoms with Crippen molar-refractivity contribution in [3.05, 3.63) is 44.3 Å². The molecule has 0 amide bonds. The van der Waals surface area contributed by atoms with E-state index < -0.39 is 0 Å². The summed E-state index contributed by atoms with van der Waals surface area (Å²) in [5.41, 5.74) is 0. The molecule has 92 valence electrons. The molecule has 3 nitrogen and oxygen atoms in total. The van der Waals surface area contributed by atoms with Gasteiger partial charge in [-0.3, -0.25) is 0 Å². The van der Waals surface area contributed by atoms with Gasteiger partial charge in [0.25, 0.3) is 0 Å². The zero-order valence-corrected chi connectivity index (χ0v) is 13.2. The van der Waals surface area contributed by atoms with E-state index in [9.17, 15) is 0 Å². The van der Waals surface area contributed by atoms with Crippen LogP contribution in [0.5, 0.6) is 11.6 Å². The molecule has 1 aromatic heterocycles. The number of nitrogens with zero attached hydrogens (tertiary/aromatic N) is 2. The Bertz CT molecular complexity index is 570. The second-order valence-corrected chi connectivity index (χ2v) is 6.28. The van der Waals surface area contributed by atoms with Gasteiger partial charge in [-0.1, -0.05) is 0 Å². The van der Waals surface area contributed by atoms with Crippen molar-refractivity contribution in [1.29, 1.82) is 0 Å².